The van der Waals surface area contributed by atoms with E-state index in [0.717, 1.165) is 6.26 Å². The summed E-state index contributed by atoms with van der Waals surface area (Å²) in [6, 6.07) is 6.15. The van der Waals surface area contributed by atoms with Gasteiger partial charge < -0.3 is 10.4 Å². The van der Waals surface area contributed by atoms with Crippen molar-refractivity contribution >= 4 is 33.3 Å². The number of carbonyl (C=O) groups excluding carboxylic acids is 1. The number of aliphatic carboxylic acids is 1. The summed E-state index contributed by atoms with van der Waals surface area (Å²) < 4.78 is 24.6. The molecule has 1 aromatic carbocycles. The number of benzene rings is 1. The molecule has 21 heavy (non-hydrogen) atoms. The smallest absolute Gasteiger partial charge is 0.309 e. The molecule has 1 amide bonds. The zero-order valence-electron chi connectivity index (χ0n) is 12.0. The van der Waals surface area contributed by atoms with Crippen LogP contribution in [0.2, 0.25) is 0 Å². The summed E-state index contributed by atoms with van der Waals surface area (Å²) in [6.07, 6.45) is 0.833. The molecule has 116 valence electrons. The van der Waals surface area contributed by atoms with Gasteiger partial charge in [-0.15, -0.1) is 0 Å². The monoisotopic (exact) mass is 314 g/mol. The minimum Gasteiger partial charge on any atom is -0.481 e. The van der Waals surface area contributed by atoms with E-state index in [1.54, 1.807) is 12.1 Å². The number of sulfonamides is 1. The second-order valence-corrected chi connectivity index (χ2v) is 7.12. The largest absolute Gasteiger partial charge is 0.481 e. The molecule has 8 heteroatoms. The first-order valence-corrected chi connectivity index (χ1v) is 8.00. The molecule has 7 nitrogen and oxygen atoms in total. The number of hydrogen-bond donors (Lipinski definition) is 3. The summed E-state index contributed by atoms with van der Waals surface area (Å²) in [5.74, 6) is -1.52. The van der Waals surface area contributed by atoms with Gasteiger partial charge in [0.1, 0.15) is 0 Å². The van der Waals surface area contributed by atoms with Gasteiger partial charge in [-0.3, -0.25) is 14.3 Å². The van der Waals surface area contributed by atoms with Crippen molar-refractivity contribution in [3.05, 3.63) is 24.3 Å². The van der Waals surface area contributed by atoms with Crippen LogP contribution < -0.4 is 10.0 Å². The first-order valence-electron chi connectivity index (χ1n) is 6.11. The van der Waals surface area contributed by atoms with Gasteiger partial charge in [0.25, 0.3) is 0 Å². The lowest BCUT2D eigenvalue weighted by Crippen LogP contribution is -2.29. The molecule has 0 spiro atoms. The second kappa shape index (κ2) is 6.13. The summed E-state index contributed by atoms with van der Waals surface area (Å²) in [6.45, 7) is 2.91. The third-order valence-corrected chi connectivity index (χ3v) is 3.24. The average molecular weight is 314 g/mol. The third-order valence-electron chi connectivity index (χ3n) is 2.63. The molecule has 0 fully saturated rings. The van der Waals surface area contributed by atoms with Crippen molar-refractivity contribution in [3.63, 3.8) is 0 Å². The molecule has 1 rings (SSSR count). The van der Waals surface area contributed by atoms with Crippen LogP contribution in [-0.4, -0.2) is 31.7 Å². The van der Waals surface area contributed by atoms with E-state index in [1.165, 1.54) is 26.0 Å². The van der Waals surface area contributed by atoms with Crippen LogP contribution in [0.3, 0.4) is 0 Å². The molecule has 0 atom stereocenters. The van der Waals surface area contributed by atoms with Crippen LogP contribution in [0.25, 0.3) is 0 Å². The predicted octanol–water partition coefficient (Wildman–Crippen LogP) is 1.50. The molecular weight excluding hydrogens is 296 g/mol. The maximum absolute atomic E-state index is 11.8. The van der Waals surface area contributed by atoms with Crippen LogP contribution in [0.15, 0.2) is 24.3 Å². The lowest BCUT2D eigenvalue weighted by molar-refractivity contribution is -0.148. The van der Waals surface area contributed by atoms with Crippen LogP contribution in [0.1, 0.15) is 20.3 Å². The molecular formula is C13H18N2O5S. The highest BCUT2D eigenvalue weighted by atomic mass is 32.2. The van der Waals surface area contributed by atoms with Crippen LogP contribution in [-0.2, 0) is 19.6 Å². The highest BCUT2D eigenvalue weighted by Gasteiger charge is 2.30. The average Bonchev–Trinajstić information content (AvgIpc) is 2.25. The van der Waals surface area contributed by atoms with Crippen molar-refractivity contribution in [1.82, 2.24) is 0 Å². The van der Waals surface area contributed by atoms with Crippen molar-refractivity contribution in [2.45, 2.75) is 20.3 Å². The summed E-state index contributed by atoms with van der Waals surface area (Å²) in [7, 11) is -3.40. The van der Waals surface area contributed by atoms with Gasteiger partial charge >= 0.3 is 5.97 Å². The topological polar surface area (TPSA) is 113 Å². The molecule has 3 N–H and O–H groups in total. The van der Waals surface area contributed by atoms with Crippen LogP contribution >= 0.6 is 0 Å². The standard InChI is InChI=1S/C13H18N2O5S/c1-13(2,12(17)18)8-11(16)14-9-5-4-6-10(7-9)15-21(3,19)20/h4-7,15H,8H2,1-3H3,(H,14,16)(H,17,18). The number of rotatable bonds is 6. The quantitative estimate of drug-likeness (QED) is 0.736. The summed E-state index contributed by atoms with van der Waals surface area (Å²) in [5.41, 5.74) is -0.477. The minimum atomic E-state index is -3.40. The highest BCUT2D eigenvalue weighted by molar-refractivity contribution is 7.92. The zero-order valence-corrected chi connectivity index (χ0v) is 12.8. The maximum atomic E-state index is 11.8. The van der Waals surface area contributed by atoms with E-state index in [1.807, 2.05) is 0 Å². The van der Waals surface area contributed by atoms with Gasteiger partial charge in [-0.2, -0.15) is 0 Å². The van der Waals surface area contributed by atoms with E-state index in [-0.39, 0.29) is 6.42 Å². The van der Waals surface area contributed by atoms with Gasteiger partial charge in [0.2, 0.25) is 15.9 Å². The van der Waals surface area contributed by atoms with E-state index < -0.39 is 27.3 Å². The van der Waals surface area contributed by atoms with Gasteiger partial charge in [0.05, 0.1) is 17.4 Å². The number of anilines is 2. The summed E-state index contributed by atoms with van der Waals surface area (Å²) >= 11 is 0. The zero-order chi connectivity index (χ0) is 16.3. The van der Waals surface area contributed by atoms with E-state index >= 15 is 0 Å². The molecule has 0 heterocycles. The molecule has 0 aromatic heterocycles. The number of carboxylic acid groups (broad SMARTS) is 1. The number of hydrogen-bond acceptors (Lipinski definition) is 4. The molecule has 0 radical (unpaired) electrons. The van der Waals surface area contributed by atoms with Crippen molar-refractivity contribution < 1.29 is 23.1 Å². The predicted molar refractivity (Wildman–Crippen MR) is 79.6 cm³/mol. The lowest BCUT2D eigenvalue weighted by atomic mass is 9.89. The molecule has 0 saturated carbocycles. The van der Waals surface area contributed by atoms with Gasteiger partial charge in [0, 0.05) is 12.1 Å². The second-order valence-electron chi connectivity index (χ2n) is 5.37. The van der Waals surface area contributed by atoms with Crippen molar-refractivity contribution in [2.24, 2.45) is 5.41 Å². The normalized spacial score (nSPS) is 11.8. The lowest BCUT2D eigenvalue weighted by Gasteiger charge is -2.18. The molecule has 0 unspecified atom stereocenters. The Kier molecular flexibility index (Phi) is 4.95. The number of nitrogens with one attached hydrogen (secondary N) is 2. The third kappa shape index (κ3) is 5.82. The van der Waals surface area contributed by atoms with E-state index in [2.05, 4.69) is 10.0 Å². The number of carbonyl (C=O) groups is 2. The Bertz CT molecular complexity index is 652. The Hall–Kier alpha value is -2.09. The fourth-order valence-electron chi connectivity index (χ4n) is 1.56. The Morgan fingerprint density at radius 3 is 2.33 bits per heavy atom. The summed E-state index contributed by atoms with van der Waals surface area (Å²) in [4.78, 5) is 22.8. The van der Waals surface area contributed by atoms with E-state index in [4.69, 9.17) is 5.11 Å². The Morgan fingerprint density at radius 1 is 1.24 bits per heavy atom. The molecule has 0 bridgehead atoms. The number of amides is 1. The van der Waals surface area contributed by atoms with E-state index in [9.17, 15) is 18.0 Å². The van der Waals surface area contributed by atoms with Crippen molar-refractivity contribution in [1.29, 1.82) is 0 Å². The highest BCUT2D eigenvalue weighted by Crippen LogP contribution is 2.22. The first-order chi connectivity index (χ1) is 9.49. The fraction of sp³-hybridized carbons (Fsp3) is 0.385. The first kappa shape index (κ1) is 17.0. The van der Waals surface area contributed by atoms with Crippen molar-refractivity contribution in [3.8, 4) is 0 Å². The molecule has 1 aromatic rings. The molecule has 0 aliphatic carbocycles. The summed E-state index contributed by atoms with van der Waals surface area (Å²) in [5, 5.41) is 11.5. The van der Waals surface area contributed by atoms with Gasteiger partial charge in [-0.1, -0.05) is 6.07 Å². The van der Waals surface area contributed by atoms with Crippen LogP contribution in [0.5, 0.6) is 0 Å². The minimum absolute atomic E-state index is 0.188. The molecule has 0 saturated heterocycles. The van der Waals surface area contributed by atoms with Crippen LogP contribution in [0, 0.1) is 5.41 Å². The SMILES string of the molecule is CC(C)(CC(=O)Nc1cccc(NS(C)(=O)=O)c1)C(=O)O. The van der Waals surface area contributed by atoms with Gasteiger partial charge in [-0.05, 0) is 32.0 Å². The Labute approximate surface area is 123 Å². The van der Waals surface area contributed by atoms with Gasteiger partial charge in [0.15, 0.2) is 0 Å². The van der Waals surface area contributed by atoms with E-state index in [0.29, 0.717) is 11.4 Å². The fourth-order valence-corrected chi connectivity index (χ4v) is 2.11. The van der Waals surface area contributed by atoms with Crippen LogP contribution in [0.4, 0.5) is 11.4 Å². The number of carboxylic acids is 1. The Balaban J connectivity index is 2.78. The molecule has 0 aliphatic heterocycles. The maximum Gasteiger partial charge on any atom is 0.309 e. The molecule has 0 aliphatic rings. The van der Waals surface area contributed by atoms with Crippen molar-refractivity contribution in [2.75, 3.05) is 16.3 Å². The Morgan fingerprint density at radius 2 is 1.81 bits per heavy atom. The van der Waals surface area contributed by atoms with Gasteiger partial charge in [-0.25, -0.2) is 8.42 Å².